The molecule has 11 heteroatoms. The first-order valence-electron chi connectivity index (χ1n) is 9.27. The summed E-state index contributed by atoms with van der Waals surface area (Å²) in [6.45, 7) is -0.665. The van der Waals surface area contributed by atoms with Crippen LogP contribution in [0, 0.1) is 11.6 Å². The Morgan fingerprint density at radius 3 is 2.38 bits per heavy atom. The minimum absolute atomic E-state index is 0.0170. The molecule has 4 aromatic rings. The number of hydrogen-bond donors (Lipinski definition) is 1. The molecule has 1 amide bonds. The number of carbonyl (C=O) groups excluding carboxylic acids is 1. The molecular formula is C21H14ClF2N5O3. The van der Waals surface area contributed by atoms with Gasteiger partial charge in [0.15, 0.2) is 11.2 Å². The van der Waals surface area contributed by atoms with E-state index in [0.717, 1.165) is 21.3 Å². The van der Waals surface area contributed by atoms with Crippen LogP contribution in [-0.4, -0.2) is 25.0 Å². The number of amides is 1. The molecule has 162 valence electrons. The summed E-state index contributed by atoms with van der Waals surface area (Å²) in [4.78, 5) is 46.6. The van der Waals surface area contributed by atoms with E-state index < -0.39 is 35.3 Å². The van der Waals surface area contributed by atoms with Crippen molar-refractivity contribution in [2.75, 3.05) is 5.32 Å². The molecular weight excluding hydrogens is 444 g/mol. The third-order valence-electron chi connectivity index (χ3n) is 4.61. The van der Waals surface area contributed by atoms with Crippen LogP contribution in [0.15, 0.2) is 64.4 Å². The number of carbonyl (C=O) groups is 1. The molecule has 0 atom stereocenters. The second kappa shape index (κ2) is 8.67. The first-order chi connectivity index (χ1) is 15.3. The molecule has 2 aromatic carbocycles. The zero-order valence-corrected chi connectivity index (χ0v) is 17.0. The van der Waals surface area contributed by atoms with Gasteiger partial charge in [0, 0.05) is 12.4 Å². The van der Waals surface area contributed by atoms with E-state index in [1.54, 1.807) is 0 Å². The summed E-state index contributed by atoms with van der Waals surface area (Å²) in [5, 5.41) is 2.48. The molecule has 0 fully saturated rings. The number of anilines is 1. The highest BCUT2D eigenvalue weighted by Crippen LogP contribution is 2.22. The Kier molecular flexibility index (Phi) is 5.78. The molecule has 0 saturated carbocycles. The van der Waals surface area contributed by atoms with E-state index in [0.29, 0.717) is 5.56 Å². The fourth-order valence-corrected chi connectivity index (χ4v) is 3.32. The van der Waals surface area contributed by atoms with Crippen LogP contribution in [0.25, 0.3) is 11.2 Å². The van der Waals surface area contributed by atoms with Crippen LogP contribution in [-0.2, 0) is 17.9 Å². The zero-order valence-electron chi connectivity index (χ0n) is 16.3. The third kappa shape index (κ3) is 4.26. The first-order valence-corrected chi connectivity index (χ1v) is 9.65. The SMILES string of the molecule is O=C(Cn1c(=O)n(Cc2ccc(F)cc2)c(=O)c2nccnc21)Nc1ccc(F)cc1Cl. The predicted octanol–water partition coefficient (Wildman–Crippen LogP) is 2.57. The number of nitrogens with zero attached hydrogens (tertiary/aromatic N) is 4. The average molecular weight is 458 g/mol. The summed E-state index contributed by atoms with van der Waals surface area (Å²) < 4.78 is 28.3. The number of rotatable bonds is 5. The maximum absolute atomic E-state index is 13.2. The van der Waals surface area contributed by atoms with Gasteiger partial charge in [-0.05, 0) is 35.9 Å². The van der Waals surface area contributed by atoms with Crippen molar-refractivity contribution in [3.05, 3.63) is 97.9 Å². The van der Waals surface area contributed by atoms with E-state index in [2.05, 4.69) is 15.3 Å². The lowest BCUT2D eigenvalue weighted by Crippen LogP contribution is -2.42. The van der Waals surface area contributed by atoms with Gasteiger partial charge in [0.05, 0.1) is 17.3 Å². The summed E-state index contributed by atoms with van der Waals surface area (Å²) >= 11 is 5.93. The van der Waals surface area contributed by atoms with Gasteiger partial charge in [-0.3, -0.25) is 18.7 Å². The van der Waals surface area contributed by atoms with Crippen molar-refractivity contribution in [2.45, 2.75) is 13.1 Å². The predicted molar refractivity (Wildman–Crippen MR) is 114 cm³/mol. The Labute approximate surface area is 183 Å². The van der Waals surface area contributed by atoms with Gasteiger partial charge in [-0.15, -0.1) is 0 Å². The first kappa shape index (κ1) is 21.3. The minimum atomic E-state index is -0.798. The number of halogens is 3. The third-order valence-corrected chi connectivity index (χ3v) is 4.92. The molecule has 8 nitrogen and oxygen atoms in total. The van der Waals surface area contributed by atoms with E-state index in [4.69, 9.17) is 11.6 Å². The summed E-state index contributed by atoms with van der Waals surface area (Å²) in [5.74, 6) is -1.68. The number of hydrogen-bond acceptors (Lipinski definition) is 5. The van der Waals surface area contributed by atoms with E-state index in [1.807, 2.05) is 0 Å². The fourth-order valence-electron chi connectivity index (χ4n) is 3.11. The number of benzene rings is 2. The van der Waals surface area contributed by atoms with Crippen LogP contribution in [0.1, 0.15) is 5.56 Å². The molecule has 4 rings (SSSR count). The topological polar surface area (TPSA) is 98.9 Å². The Hall–Kier alpha value is -3.92. The molecule has 0 bridgehead atoms. The molecule has 0 aliphatic rings. The van der Waals surface area contributed by atoms with Crippen molar-refractivity contribution in [3.63, 3.8) is 0 Å². The van der Waals surface area contributed by atoms with E-state index >= 15 is 0 Å². The molecule has 0 spiro atoms. The van der Waals surface area contributed by atoms with Gasteiger partial charge in [-0.25, -0.2) is 23.5 Å². The average Bonchev–Trinajstić information content (AvgIpc) is 2.77. The Morgan fingerprint density at radius 2 is 1.66 bits per heavy atom. The smallest absolute Gasteiger partial charge is 0.323 e. The fraction of sp³-hybridized carbons (Fsp3) is 0.0952. The van der Waals surface area contributed by atoms with Crippen LogP contribution in [0.3, 0.4) is 0 Å². The van der Waals surface area contributed by atoms with Gasteiger partial charge in [0.2, 0.25) is 5.91 Å². The second-order valence-electron chi connectivity index (χ2n) is 6.79. The highest BCUT2D eigenvalue weighted by atomic mass is 35.5. The second-order valence-corrected chi connectivity index (χ2v) is 7.19. The van der Waals surface area contributed by atoms with Gasteiger partial charge < -0.3 is 5.32 Å². The number of aromatic nitrogens is 4. The van der Waals surface area contributed by atoms with Gasteiger partial charge in [0.1, 0.15) is 18.2 Å². The monoisotopic (exact) mass is 457 g/mol. The molecule has 32 heavy (non-hydrogen) atoms. The minimum Gasteiger partial charge on any atom is -0.323 e. The normalized spacial score (nSPS) is 11.0. The Balaban J connectivity index is 1.74. The lowest BCUT2D eigenvalue weighted by Gasteiger charge is -2.13. The van der Waals surface area contributed by atoms with E-state index in [9.17, 15) is 23.2 Å². The molecule has 1 N–H and O–H groups in total. The van der Waals surface area contributed by atoms with Crippen molar-refractivity contribution < 1.29 is 13.6 Å². The lowest BCUT2D eigenvalue weighted by molar-refractivity contribution is -0.116. The Morgan fingerprint density at radius 1 is 0.969 bits per heavy atom. The van der Waals surface area contributed by atoms with Gasteiger partial charge >= 0.3 is 5.69 Å². The van der Waals surface area contributed by atoms with Gasteiger partial charge in [0.25, 0.3) is 5.56 Å². The Bertz CT molecular complexity index is 1450. The van der Waals surface area contributed by atoms with Crippen LogP contribution in [0.2, 0.25) is 5.02 Å². The zero-order chi connectivity index (χ0) is 22.8. The number of fused-ring (bicyclic) bond motifs is 1. The largest absolute Gasteiger partial charge is 0.333 e. The molecule has 2 heterocycles. The van der Waals surface area contributed by atoms with Crippen LogP contribution >= 0.6 is 11.6 Å². The molecule has 0 unspecified atom stereocenters. The summed E-state index contributed by atoms with van der Waals surface area (Å²) in [6.07, 6.45) is 2.58. The van der Waals surface area contributed by atoms with Crippen molar-refractivity contribution in [3.8, 4) is 0 Å². The summed E-state index contributed by atoms with van der Waals surface area (Å²) in [5.41, 5.74) is -1.02. The van der Waals surface area contributed by atoms with Crippen molar-refractivity contribution in [2.24, 2.45) is 0 Å². The number of nitrogens with one attached hydrogen (secondary N) is 1. The molecule has 0 radical (unpaired) electrons. The standard InChI is InChI=1S/C21H14ClF2N5O3/c22-15-9-14(24)5-6-16(15)27-17(30)11-28-19-18(25-7-8-26-19)20(31)29(21(28)32)10-12-1-3-13(23)4-2-12/h1-9H,10-11H2,(H,27,30). The summed E-state index contributed by atoms with van der Waals surface area (Å²) in [6, 6.07) is 8.74. The molecule has 2 aromatic heterocycles. The molecule has 0 saturated heterocycles. The van der Waals surface area contributed by atoms with E-state index in [-0.39, 0.29) is 28.4 Å². The van der Waals surface area contributed by atoms with Gasteiger partial charge in [-0.1, -0.05) is 23.7 Å². The maximum Gasteiger partial charge on any atom is 0.333 e. The van der Waals surface area contributed by atoms with Crippen molar-refractivity contribution >= 4 is 34.4 Å². The van der Waals surface area contributed by atoms with Crippen molar-refractivity contribution in [1.82, 2.24) is 19.1 Å². The maximum atomic E-state index is 13.2. The van der Waals surface area contributed by atoms with Gasteiger partial charge in [-0.2, -0.15) is 0 Å². The quantitative estimate of drug-likeness (QED) is 0.496. The van der Waals surface area contributed by atoms with Crippen molar-refractivity contribution in [1.29, 1.82) is 0 Å². The highest BCUT2D eigenvalue weighted by molar-refractivity contribution is 6.33. The van der Waals surface area contributed by atoms with Crippen LogP contribution in [0.5, 0.6) is 0 Å². The molecule has 0 aliphatic carbocycles. The van der Waals surface area contributed by atoms with Crippen LogP contribution in [0.4, 0.5) is 14.5 Å². The summed E-state index contributed by atoms with van der Waals surface area (Å²) in [7, 11) is 0. The lowest BCUT2D eigenvalue weighted by atomic mass is 10.2. The molecule has 0 aliphatic heterocycles. The van der Waals surface area contributed by atoms with Crippen LogP contribution < -0.4 is 16.6 Å². The highest BCUT2D eigenvalue weighted by Gasteiger charge is 2.18. The van der Waals surface area contributed by atoms with E-state index in [1.165, 1.54) is 42.7 Å².